The first-order valence-electron chi connectivity index (χ1n) is 25.1. The summed E-state index contributed by atoms with van der Waals surface area (Å²) in [5.74, 6) is -0.0777. The molecule has 11 rings (SSSR count). The van der Waals surface area contributed by atoms with Crippen molar-refractivity contribution < 1.29 is 14.9 Å². The maximum Gasteiger partial charge on any atom is 0.0934 e. The molecule has 1 saturated carbocycles. The monoisotopic (exact) mass is 920 g/mol. The summed E-state index contributed by atoms with van der Waals surface area (Å²) in [4.78, 5) is 19.2. The average molecular weight is 921 g/mol. The number of aliphatic hydroxyl groups is 2. The molecule has 3 aromatic heterocycles. The standard InChI is InChI=1S/C63H60N4O3/c1-42(38-49-29-17-28-48(63(49,69)41-68)36-37-70-40-43-18-7-2-8-19-43)50-39-57-60(46-24-13-5-14-25-46)55-33-32-53(65-55)58(44-20-9-3-10-21-44)51-30-31-52(64-51)59(45-22-11-4-12-23-45)54-34-35-56(66-54)61(62(50)67-57)47-26-15-6-16-27-47/h2-16,18-27,30-35,42,48-50,65-66,68-69H,17,28-29,36-41H2,1H3/t42-,48-,49+,50+,63-/m0/s1. The number of benzene rings is 5. The Morgan fingerprint density at radius 3 is 1.56 bits per heavy atom. The van der Waals surface area contributed by atoms with Gasteiger partial charge in [0.15, 0.2) is 0 Å². The van der Waals surface area contributed by atoms with Crippen LogP contribution in [0.4, 0.5) is 0 Å². The highest BCUT2D eigenvalue weighted by atomic mass is 16.5. The van der Waals surface area contributed by atoms with Gasteiger partial charge in [-0.15, -0.1) is 0 Å². The van der Waals surface area contributed by atoms with Gasteiger partial charge >= 0.3 is 0 Å². The minimum absolute atomic E-state index is 0.0128. The molecule has 1 fully saturated rings. The van der Waals surface area contributed by atoms with Gasteiger partial charge in [0.25, 0.3) is 0 Å². The molecule has 0 unspecified atom stereocenters. The molecule has 5 aromatic carbocycles. The van der Waals surface area contributed by atoms with E-state index in [1.807, 2.05) is 18.2 Å². The summed E-state index contributed by atoms with van der Waals surface area (Å²) >= 11 is 0. The zero-order valence-corrected chi connectivity index (χ0v) is 39.8. The van der Waals surface area contributed by atoms with Gasteiger partial charge in [-0.3, -0.25) is 4.98 Å². The number of aromatic nitrogens is 4. The van der Waals surface area contributed by atoms with Crippen LogP contribution in [0.25, 0.3) is 78.7 Å². The lowest BCUT2D eigenvalue weighted by Crippen LogP contribution is -2.52. The number of nitrogens with zero attached hydrogens (tertiary/aromatic N) is 2. The molecule has 3 aliphatic rings. The lowest BCUT2D eigenvalue weighted by molar-refractivity contribution is -0.137. The third-order valence-corrected chi connectivity index (χ3v) is 15.3. The van der Waals surface area contributed by atoms with Crippen molar-refractivity contribution in [1.29, 1.82) is 0 Å². The van der Waals surface area contributed by atoms with Gasteiger partial charge in [0.2, 0.25) is 0 Å². The molecule has 4 N–H and O–H groups in total. The van der Waals surface area contributed by atoms with E-state index >= 15 is 0 Å². The molecule has 2 aliphatic heterocycles. The number of hydrogen-bond acceptors (Lipinski definition) is 5. The van der Waals surface area contributed by atoms with Crippen molar-refractivity contribution in [2.24, 2.45) is 17.8 Å². The summed E-state index contributed by atoms with van der Waals surface area (Å²) in [6, 6.07) is 61.4. The van der Waals surface area contributed by atoms with Crippen LogP contribution >= 0.6 is 0 Å². The number of aromatic amines is 2. The van der Waals surface area contributed by atoms with Gasteiger partial charge in [-0.1, -0.05) is 165 Å². The minimum atomic E-state index is -1.22. The van der Waals surface area contributed by atoms with Crippen molar-refractivity contribution in [3.8, 4) is 44.5 Å². The van der Waals surface area contributed by atoms with E-state index in [0.29, 0.717) is 26.1 Å². The van der Waals surface area contributed by atoms with E-state index in [4.69, 9.17) is 14.7 Å². The molecule has 5 atom stereocenters. The van der Waals surface area contributed by atoms with Crippen molar-refractivity contribution in [2.45, 2.75) is 63.6 Å². The smallest absolute Gasteiger partial charge is 0.0934 e. The van der Waals surface area contributed by atoms with Gasteiger partial charge in [-0.25, -0.2) is 4.98 Å². The fourth-order valence-electron chi connectivity index (χ4n) is 11.7. The lowest BCUT2D eigenvalue weighted by atomic mass is 9.64. The van der Waals surface area contributed by atoms with Gasteiger partial charge in [0.05, 0.1) is 41.6 Å². The summed E-state index contributed by atoms with van der Waals surface area (Å²) in [5.41, 5.74) is 16.1. The quantitative estimate of drug-likeness (QED) is 0.0862. The number of ether oxygens (including phenoxy) is 1. The molecule has 0 spiro atoms. The molecule has 70 heavy (non-hydrogen) atoms. The van der Waals surface area contributed by atoms with E-state index in [0.717, 1.165) is 121 Å². The fourth-order valence-corrected chi connectivity index (χ4v) is 11.7. The normalized spacial score (nSPS) is 19.3. The maximum absolute atomic E-state index is 12.6. The van der Waals surface area contributed by atoms with Crippen LogP contribution < -0.4 is 0 Å². The first kappa shape index (κ1) is 45.3. The Morgan fingerprint density at radius 1 is 0.571 bits per heavy atom. The van der Waals surface area contributed by atoms with Crippen LogP contribution in [0.15, 0.2) is 176 Å². The molecule has 0 amide bonds. The zero-order valence-electron chi connectivity index (χ0n) is 39.8. The van der Waals surface area contributed by atoms with Gasteiger partial charge in [-0.05, 0) is 114 Å². The van der Waals surface area contributed by atoms with Gasteiger partial charge in [0, 0.05) is 56.8 Å². The molecule has 7 nitrogen and oxygen atoms in total. The molecule has 8 bridgehead atoms. The van der Waals surface area contributed by atoms with E-state index < -0.39 is 5.60 Å². The summed E-state index contributed by atoms with van der Waals surface area (Å²) in [5, 5.41) is 23.8. The lowest BCUT2D eigenvalue weighted by Gasteiger charge is -2.46. The molecule has 350 valence electrons. The van der Waals surface area contributed by atoms with Crippen LogP contribution in [-0.4, -0.2) is 49.0 Å². The zero-order chi connectivity index (χ0) is 47.4. The Kier molecular flexibility index (Phi) is 13.0. The highest BCUT2D eigenvalue weighted by molar-refractivity contribution is 5.97. The minimum Gasteiger partial charge on any atom is -0.393 e. The second-order valence-electron chi connectivity index (χ2n) is 19.5. The third kappa shape index (κ3) is 8.97. The molecular formula is C63H60N4O3. The van der Waals surface area contributed by atoms with E-state index in [1.165, 1.54) is 0 Å². The van der Waals surface area contributed by atoms with E-state index in [2.05, 4.69) is 187 Å². The number of aliphatic hydroxyl groups excluding tert-OH is 1. The first-order chi connectivity index (χ1) is 34.4. The van der Waals surface area contributed by atoms with Crippen molar-refractivity contribution in [2.75, 3.05) is 13.2 Å². The van der Waals surface area contributed by atoms with Gasteiger partial charge in [0.1, 0.15) is 0 Å². The Hall–Kier alpha value is -7.16. The molecule has 8 aromatic rings. The molecule has 0 radical (unpaired) electrons. The number of H-pyrrole nitrogens is 2. The summed E-state index contributed by atoms with van der Waals surface area (Å²) < 4.78 is 6.16. The van der Waals surface area contributed by atoms with Crippen molar-refractivity contribution in [3.05, 3.63) is 204 Å². The maximum atomic E-state index is 12.6. The van der Waals surface area contributed by atoms with E-state index in [1.54, 1.807) is 0 Å². The van der Waals surface area contributed by atoms with Crippen LogP contribution in [0.2, 0.25) is 0 Å². The van der Waals surface area contributed by atoms with Gasteiger partial charge in [-0.2, -0.15) is 0 Å². The Morgan fingerprint density at radius 2 is 1.03 bits per heavy atom. The number of rotatable bonds is 13. The number of nitrogens with one attached hydrogen (secondary N) is 2. The molecule has 7 heteroatoms. The van der Waals surface area contributed by atoms with Crippen molar-refractivity contribution >= 4 is 34.2 Å². The van der Waals surface area contributed by atoms with Crippen LogP contribution in [0, 0.1) is 17.8 Å². The third-order valence-electron chi connectivity index (χ3n) is 15.3. The predicted molar refractivity (Wildman–Crippen MR) is 285 cm³/mol. The highest BCUT2D eigenvalue weighted by Gasteiger charge is 2.47. The molecule has 0 saturated heterocycles. The number of hydrogen-bond donors (Lipinski definition) is 4. The fraction of sp³-hybridized carbons (Fsp3) is 0.238. The summed E-state index contributed by atoms with van der Waals surface area (Å²) in [7, 11) is 0. The summed E-state index contributed by atoms with van der Waals surface area (Å²) in [6.45, 7) is 3.14. The van der Waals surface area contributed by atoms with Crippen molar-refractivity contribution in [1.82, 2.24) is 19.9 Å². The largest absolute Gasteiger partial charge is 0.393 e. The Bertz CT molecular complexity index is 3280. The highest BCUT2D eigenvalue weighted by Crippen LogP contribution is 2.49. The van der Waals surface area contributed by atoms with Crippen LogP contribution in [0.1, 0.15) is 73.3 Å². The van der Waals surface area contributed by atoms with Gasteiger partial charge < -0.3 is 24.9 Å². The number of fused-ring (bicyclic) bond motifs is 8. The van der Waals surface area contributed by atoms with E-state index in [-0.39, 0.29) is 30.3 Å². The van der Waals surface area contributed by atoms with E-state index in [9.17, 15) is 10.2 Å². The van der Waals surface area contributed by atoms with Crippen LogP contribution in [0.5, 0.6) is 0 Å². The Balaban J connectivity index is 1.11. The molecule has 1 aliphatic carbocycles. The predicted octanol–water partition coefficient (Wildman–Crippen LogP) is 14.3. The first-order valence-corrected chi connectivity index (χ1v) is 25.1. The summed E-state index contributed by atoms with van der Waals surface area (Å²) in [6.07, 6.45) is 9.16. The second-order valence-corrected chi connectivity index (χ2v) is 19.5. The van der Waals surface area contributed by atoms with Crippen LogP contribution in [0.3, 0.4) is 0 Å². The van der Waals surface area contributed by atoms with Crippen molar-refractivity contribution in [3.63, 3.8) is 0 Å². The molecular weight excluding hydrogens is 861 g/mol. The Labute approximate surface area is 410 Å². The average Bonchev–Trinajstić information content (AvgIpc) is 4.26. The SMILES string of the molecule is C[C@@H](C[C@H]1CCC[C@@H](CCOCc2ccccc2)[C@@]1(O)CO)[C@H]1Cc2nc1c(-c1ccccc1)c1ccc([nH]1)c(-c1ccccc1)c1nc(c(-c3ccccc3)c3ccc([nH]3)c2-c2ccccc2)C=C1. The molecule has 5 heterocycles. The second kappa shape index (κ2) is 20.1. The van der Waals surface area contributed by atoms with Crippen LogP contribution in [-0.2, 0) is 17.8 Å². The topological polar surface area (TPSA) is 107 Å².